The molecule has 2 N–H and O–H groups in total. The maximum absolute atomic E-state index is 12.9. The van der Waals surface area contributed by atoms with E-state index in [0.717, 1.165) is 37.9 Å². The Bertz CT molecular complexity index is 548. The molecule has 1 aliphatic carbocycles. The summed E-state index contributed by atoms with van der Waals surface area (Å²) in [6.07, 6.45) is 4.40. The average molecular weight is 337 g/mol. The topological polar surface area (TPSA) is 50.4 Å². The molecule has 0 bridgehead atoms. The van der Waals surface area contributed by atoms with Gasteiger partial charge in [-0.05, 0) is 43.0 Å². The third kappa shape index (κ3) is 3.39. The van der Waals surface area contributed by atoms with Crippen LogP contribution in [0.3, 0.4) is 0 Å². The highest BCUT2D eigenvalue weighted by Gasteiger charge is 2.49. The number of carbonyl (C=O) groups is 1. The van der Waals surface area contributed by atoms with E-state index in [2.05, 4.69) is 10.6 Å². The minimum atomic E-state index is -0.212. The zero-order valence-corrected chi connectivity index (χ0v) is 14.4. The van der Waals surface area contributed by atoms with Crippen LogP contribution < -0.4 is 10.6 Å². The normalized spacial score (nSPS) is 28.2. The summed E-state index contributed by atoms with van der Waals surface area (Å²) in [6.45, 7) is 2.27. The Balaban J connectivity index is 1.64. The fourth-order valence-electron chi connectivity index (χ4n) is 4.07. The first-order chi connectivity index (χ1) is 11.2. The van der Waals surface area contributed by atoms with E-state index in [9.17, 15) is 4.79 Å². The van der Waals surface area contributed by atoms with Crippen molar-refractivity contribution in [2.24, 2.45) is 11.3 Å². The van der Waals surface area contributed by atoms with Crippen LogP contribution in [0, 0.1) is 11.3 Å². The number of carbonyl (C=O) groups excluding carboxylic acids is 1. The summed E-state index contributed by atoms with van der Waals surface area (Å²) in [5, 5.41) is 7.26. The van der Waals surface area contributed by atoms with Crippen molar-refractivity contribution in [2.75, 3.05) is 26.7 Å². The van der Waals surface area contributed by atoms with Crippen molar-refractivity contribution in [1.82, 2.24) is 10.6 Å². The average Bonchev–Trinajstić information content (AvgIpc) is 3.02. The lowest BCUT2D eigenvalue weighted by Gasteiger charge is -2.37. The molecule has 0 spiro atoms. The van der Waals surface area contributed by atoms with Gasteiger partial charge in [0.1, 0.15) is 0 Å². The fourth-order valence-corrected chi connectivity index (χ4v) is 4.19. The van der Waals surface area contributed by atoms with Gasteiger partial charge in [0.15, 0.2) is 0 Å². The van der Waals surface area contributed by atoms with Crippen molar-refractivity contribution >= 4 is 17.5 Å². The van der Waals surface area contributed by atoms with Crippen LogP contribution in [0.25, 0.3) is 0 Å². The summed E-state index contributed by atoms with van der Waals surface area (Å²) in [5.41, 5.74) is 0.815. The molecule has 5 heteroatoms. The zero-order chi connectivity index (χ0) is 16.3. The Morgan fingerprint density at radius 3 is 2.96 bits per heavy atom. The molecule has 0 radical (unpaired) electrons. The summed E-state index contributed by atoms with van der Waals surface area (Å²) in [7, 11) is 1.67. The second-order valence-corrected chi connectivity index (χ2v) is 7.15. The molecule has 1 aromatic rings. The van der Waals surface area contributed by atoms with Gasteiger partial charge < -0.3 is 15.4 Å². The molecule has 1 saturated heterocycles. The smallest absolute Gasteiger partial charge is 0.227 e. The van der Waals surface area contributed by atoms with Crippen LogP contribution in [-0.4, -0.2) is 32.7 Å². The van der Waals surface area contributed by atoms with Crippen LogP contribution in [0.1, 0.15) is 37.4 Å². The van der Waals surface area contributed by atoms with E-state index in [4.69, 9.17) is 16.3 Å². The molecule has 0 aromatic heterocycles. The minimum absolute atomic E-state index is 0.149. The second kappa shape index (κ2) is 7.20. The summed E-state index contributed by atoms with van der Waals surface area (Å²) in [6, 6.07) is 7.59. The molecule has 1 saturated carbocycles. The third-order valence-electron chi connectivity index (χ3n) is 5.46. The van der Waals surface area contributed by atoms with E-state index in [1.807, 2.05) is 24.3 Å². The molecule has 4 nitrogen and oxygen atoms in total. The number of halogens is 1. The molecule has 1 amide bonds. The Kier molecular flexibility index (Phi) is 5.24. The predicted octanol–water partition coefficient (Wildman–Crippen LogP) is 2.92. The molecule has 3 atom stereocenters. The molecule has 23 heavy (non-hydrogen) atoms. The fraction of sp³-hybridized carbons (Fsp3) is 0.611. The lowest BCUT2D eigenvalue weighted by atomic mass is 9.67. The highest BCUT2D eigenvalue weighted by molar-refractivity contribution is 6.30. The van der Waals surface area contributed by atoms with Gasteiger partial charge >= 0.3 is 0 Å². The molecular formula is C18H25ClN2O2. The molecule has 2 fully saturated rings. The number of benzene rings is 1. The highest BCUT2D eigenvalue weighted by atomic mass is 35.5. The van der Waals surface area contributed by atoms with Gasteiger partial charge in [0, 0.05) is 25.2 Å². The van der Waals surface area contributed by atoms with Crippen LogP contribution in [0.4, 0.5) is 0 Å². The van der Waals surface area contributed by atoms with Crippen LogP contribution in [0.2, 0.25) is 5.02 Å². The van der Waals surface area contributed by atoms with Gasteiger partial charge in [0.05, 0.1) is 11.5 Å². The number of hydrogen-bond donors (Lipinski definition) is 2. The Morgan fingerprint density at radius 2 is 2.22 bits per heavy atom. The van der Waals surface area contributed by atoms with Crippen molar-refractivity contribution in [2.45, 2.75) is 31.8 Å². The van der Waals surface area contributed by atoms with Crippen molar-refractivity contribution in [3.63, 3.8) is 0 Å². The first-order valence-electron chi connectivity index (χ1n) is 8.43. The van der Waals surface area contributed by atoms with Crippen LogP contribution in [-0.2, 0) is 9.53 Å². The van der Waals surface area contributed by atoms with Crippen molar-refractivity contribution in [3.05, 3.63) is 34.9 Å². The maximum Gasteiger partial charge on any atom is 0.227 e. The molecule has 1 aromatic carbocycles. The van der Waals surface area contributed by atoms with E-state index in [1.54, 1.807) is 7.11 Å². The first-order valence-corrected chi connectivity index (χ1v) is 8.81. The van der Waals surface area contributed by atoms with E-state index in [1.165, 1.54) is 6.42 Å². The lowest BCUT2D eigenvalue weighted by molar-refractivity contribution is -0.134. The number of methoxy groups -OCH3 is 1. The number of nitrogens with one attached hydrogen (secondary N) is 2. The van der Waals surface area contributed by atoms with E-state index < -0.39 is 0 Å². The van der Waals surface area contributed by atoms with Gasteiger partial charge in [-0.15, -0.1) is 0 Å². The van der Waals surface area contributed by atoms with Gasteiger partial charge in [-0.1, -0.05) is 36.6 Å². The number of amides is 1. The Morgan fingerprint density at radius 1 is 1.43 bits per heavy atom. The molecule has 126 valence electrons. The van der Waals surface area contributed by atoms with Crippen LogP contribution in [0.15, 0.2) is 24.3 Å². The Hall–Kier alpha value is -1.10. The number of rotatable bonds is 5. The molecule has 1 aliphatic heterocycles. The summed E-state index contributed by atoms with van der Waals surface area (Å²) in [5.74, 6) is 0.663. The van der Waals surface area contributed by atoms with Crippen molar-refractivity contribution in [1.29, 1.82) is 0 Å². The zero-order valence-electron chi connectivity index (χ0n) is 13.6. The minimum Gasteiger partial charge on any atom is -0.375 e. The summed E-state index contributed by atoms with van der Waals surface area (Å²) < 4.78 is 5.55. The first kappa shape index (κ1) is 16.7. The van der Waals surface area contributed by atoms with E-state index >= 15 is 0 Å². The number of fused-ring (bicyclic) bond motifs is 1. The Labute approximate surface area is 142 Å². The van der Waals surface area contributed by atoms with Gasteiger partial charge in [0.2, 0.25) is 5.91 Å². The summed E-state index contributed by atoms with van der Waals surface area (Å²) >= 11 is 5.93. The second-order valence-electron chi connectivity index (χ2n) is 6.72. The third-order valence-corrected chi connectivity index (χ3v) is 5.72. The van der Waals surface area contributed by atoms with Gasteiger partial charge in [-0.3, -0.25) is 4.79 Å². The maximum atomic E-state index is 12.9. The van der Waals surface area contributed by atoms with Crippen molar-refractivity contribution < 1.29 is 9.53 Å². The van der Waals surface area contributed by atoms with E-state index in [-0.39, 0.29) is 17.4 Å². The predicted molar refractivity (Wildman–Crippen MR) is 91.5 cm³/mol. The van der Waals surface area contributed by atoms with Crippen LogP contribution >= 0.6 is 11.6 Å². The van der Waals surface area contributed by atoms with Gasteiger partial charge in [-0.25, -0.2) is 0 Å². The standard InChI is InChI=1S/C18H25ClN2O2/c1-23-16(13-5-7-15(19)8-6-13)11-21-17(22)18-9-3-2-4-14(18)10-20-12-18/h5-8,14,16,20H,2-4,9-12H2,1H3,(H,21,22)/t14-,16?,18+/m0/s1. The van der Waals surface area contributed by atoms with E-state index in [0.29, 0.717) is 17.5 Å². The largest absolute Gasteiger partial charge is 0.375 e. The monoisotopic (exact) mass is 336 g/mol. The molecular weight excluding hydrogens is 312 g/mol. The molecule has 2 aliphatic rings. The molecule has 1 unspecified atom stereocenters. The SMILES string of the molecule is COC(CNC(=O)[C@@]12CCCC[C@H]1CNC2)c1ccc(Cl)cc1. The molecule has 1 heterocycles. The molecule has 3 rings (SSSR count). The summed E-state index contributed by atoms with van der Waals surface area (Å²) in [4.78, 5) is 12.9. The van der Waals surface area contributed by atoms with Crippen LogP contribution in [0.5, 0.6) is 0 Å². The number of ether oxygens (including phenoxy) is 1. The highest BCUT2D eigenvalue weighted by Crippen LogP contribution is 2.43. The lowest BCUT2D eigenvalue weighted by Crippen LogP contribution is -2.48. The van der Waals surface area contributed by atoms with Gasteiger partial charge in [-0.2, -0.15) is 0 Å². The van der Waals surface area contributed by atoms with Gasteiger partial charge in [0.25, 0.3) is 0 Å². The quantitative estimate of drug-likeness (QED) is 0.869. The van der Waals surface area contributed by atoms with Crippen molar-refractivity contribution in [3.8, 4) is 0 Å². The number of hydrogen-bond acceptors (Lipinski definition) is 3.